The quantitative estimate of drug-likeness (QED) is 0.221. The number of carbonyl (C=O) groups is 2. The fourth-order valence-electron chi connectivity index (χ4n) is 2.73. The molecule has 0 aromatic heterocycles. The second-order valence-electron chi connectivity index (χ2n) is 8.55. The van der Waals surface area contributed by atoms with Gasteiger partial charge in [-0.2, -0.15) is 0 Å². The molecule has 5 nitrogen and oxygen atoms in total. The molecular formula is C23H45NO4. The molecule has 5 heteroatoms. The van der Waals surface area contributed by atoms with Gasteiger partial charge in [-0.3, -0.25) is 4.79 Å². The van der Waals surface area contributed by atoms with Crippen molar-refractivity contribution in [1.29, 1.82) is 0 Å². The van der Waals surface area contributed by atoms with E-state index in [-0.39, 0.29) is 6.54 Å². The highest BCUT2D eigenvalue weighted by Crippen LogP contribution is 2.09. The molecule has 0 aromatic carbocycles. The predicted octanol–water partition coefficient (Wildman–Crippen LogP) is 4.55. The fourth-order valence-corrected chi connectivity index (χ4v) is 2.73. The SMILES string of the molecule is CCCCCCCC/C=C\CCCCCCCC(=O)O.C[N+](C)(C)CC(=O)[O-]. The van der Waals surface area contributed by atoms with Crippen molar-refractivity contribution >= 4 is 11.9 Å². The van der Waals surface area contributed by atoms with E-state index in [2.05, 4.69) is 19.1 Å². The average Bonchev–Trinajstić information content (AvgIpc) is 2.56. The molecule has 0 bridgehead atoms. The highest BCUT2D eigenvalue weighted by atomic mass is 16.4. The van der Waals surface area contributed by atoms with Crippen molar-refractivity contribution in [2.24, 2.45) is 0 Å². The lowest BCUT2D eigenvalue weighted by Gasteiger charge is -2.23. The number of unbranched alkanes of at least 4 members (excludes halogenated alkanes) is 11. The Balaban J connectivity index is 0. The minimum Gasteiger partial charge on any atom is -0.544 e. The third-order valence-corrected chi connectivity index (χ3v) is 4.26. The first kappa shape index (κ1) is 28.8. The van der Waals surface area contributed by atoms with Crippen LogP contribution in [0.5, 0.6) is 0 Å². The van der Waals surface area contributed by atoms with Gasteiger partial charge in [-0.15, -0.1) is 0 Å². The van der Waals surface area contributed by atoms with Crippen molar-refractivity contribution in [3.63, 3.8) is 0 Å². The van der Waals surface area contributed by atoms with Crippen molar-refractivity contribution in [3.05, 3.63) is 12.2 Å². The Morgan fingerprint density at radius 1 is 0.786 bits per heavy atom. The van der Waals surface area contributed by atoms with Crippen molar-refractivity contribution in [1.82, 2.24) is 0 Å². The molecule has 0 spiro atoms. The van der Waals surface area contributed by atoms with Crippen LogP contribution in [0.4, 0.5) is 0 Å². The summed E-state index contributed by atoms with van der Waals surface area (Å²) in [4.78, 5) is 20.2. The number of allylic oxidation sites excluding steroid dienone is 2. The number of hydrogen-bond donors (Lipinski definition) is 1. The van der Waals surface area contributed by atoms with Gasteiger partial charge in [0.25, 0.3) is 0 Å². The first-order valence-electron chi connectivity index (χ1n) is 11.1. The summed E-state index contributed by atoms with van der Waals surface area (Å²) in [5, 5.41) is 18.4. The maximum Gasteiger partial charge on any atom is 0.303 e. The number of hydrogen-bond acceptors (Lipinski definition) is 3. The fraction of sp³-hybridized carbons (Fsp3) is 0.826. The van der Waals surface area contributed by atoms with Gasteiger partial charge in [0.2, 0.25) is 0 Å². The number of nitrogens with zero attached hydrogens (tertiary/aromatic N) is 1. The molecule has 0 aliphatic rings. The van der Waals surface area contributed by atoms with Crippen LogP contribution in [0.1, 0.15) is 96.8 Å². The Hall–Kier alpha value is -1.36. The first-order chi connectivity index (χ1) is 13.2. The molecule has 166 valence electrons. The summed E-state index contributed by atoms with van der Waals surface area (Å²) in [6.07, 6.45) is 21.2. The number of likely N-dealkylation sites (N-methyl/N-ethyl adjacent to an activating group) is 1. The smallest absolute Gasteiger partial charge is 0.303 e. The van der Waals surface area contributed by atoms with Crippen LogP contribution in [0.15, 0.2) is 12.2 Å². The maximum absolute atomic E-state index is 10.3. The Morgan fingerprint density at radius 3 is 1.57 bits per heavy atom. The molecule has 0 unspecified atom stereocenters. The molecule has 28 heavy (non-hydrogen) atoms. The molecule has 0 amide bonds. The van der Waals surface area contributed by atoms with E-state index in [0.29, 0.717) is 10.9 Å². The van der Waals surface area contributed by atoms with Gasteiger partial charge in [-0.25, -0.2) is 0 Å². The number of carboxylic acid groups (broad SMARTS) is 2. The van der Waals surface area contributed by atoms with Crippen LogP contribution in [-0.4, -0.2) is 49.2 Å². The maximum atomic E-state index is 10.3. The summed E-state index contributed by atoms with van der Waals surface area (Å²) >= 11 is 0. The van der Waals surface area contributed by atoms with Gasteiger partial charge in [-0.1, -0.05) is 70.4 Å². The average molecular weight is 400 g/mol. The molecule has 0 rings (SSSR count). The van der Waals surface area contributed by atoms with Crippen molar-refractivity contribution < 1.29 is 24.3 Å². The van der Waals surface area contributed by atoms with Crippen molar-refractivity contribution in [2.75, 3.05) is 27.7 Å². The second kappa shape index (κ2) is 20.4. The topological polar surface area (TPSA) is 77.4 Å². The van der Waals surface area contributed by atoms with Crippen LogP contribution in [0, 0.1) is 0 Å². The number of rotatable bonds is 17. The van der Waals surface area contributed by atoms with Crippen LogP contribution in [0.2, 0.25) is 0 Å². The van der Waals surface area contributed by atoms with Crippen LogP contribution in [-0.2, 0) is 9.59 Å². The van der Waals surface area contributed by atoms with Gasteiger partial charge >= 0.3 is 5.97 Å². The molecule has 0 saturated heterocycles. The van der Waals surface area contributed by atoms with E-state index >= 15 is 0 Å². The van der Waals surface area contributed by atoms with Crippen LogP contribution in [0.25, 0.3) is 0 Å². The number of aliphatic carboxylic acids is 2. The molecule has 0 atom stereocenters. The van der Waals surface area contributed by atoms with Crippen LogP contribution in [0.3, 0.4) is 0 Å². The molecule has 0 radical (unpaired) electrons. The highest BCUT2D eigenvalue weighted by Gasteiger charge is 2.04. The zero-order valence-corrected chi connectivity index (χ0v) is 18.9. The van der Waals surface area contributed by atoms with Crippen molar-refractivity contribution in [2.45, 2.75) is 96.8 Å². The Kier molecular flexibility index (Phi) is 21.0. The predicted molar refractivity (Wildman–Crippen MR) is 115 cm³/mol. The molecular weight excluding hydrogens is 354 g/mol. The van der Waals surface area contributed by atoms with E-state index < -0.39 is 11.9 Å². The summed E-state index contributed by atoms with van der Waals surface area (Å²) in [5.41, 5.74) is 0. The van der Waals surface area contributed by atoms with E-state index in [1.54, 1.807) is 21.1 Å². The summed E-state index contributed by atoms with van der Waals surface area (Å²) in [7, 11) is 5.40. The Morgan fingerprint density at radius 2 is 1.21 bits per heavy atom. The molecule has 0 aliphatic carbocycles. The van der Waals surface area contributed by atoms with Gasteiger partial charge in [-0.05, 0) is 32.1 Å². The second-order valence-corrected chi connectivity index (χ2v) is 8.55. The lowest BCUT2D eigenvalue weighted by atomic mass is 10.1. The Bertz CT molecular complexity index is 400. The monoisotopic (exact) mass is 399 g/mol. The summed E-state index contributed by atoms with van der Waals surface area (Å²) in [6, 6.07) is 0. The minimum absolute atomic E-state index is 0.0694. The van der Waals surface area contributed by atoms with E-state index in [4.69, 9.17) is 5.11 Å². The summed E-state index contributed by atoms with van der Waals surface area (Å²) < 4.78 is 0.419. The zero-order chi connectivity index (χ0) is 21.7. The third kappa shape index (κ3) is 32.3. The zero-order valence-electron chi connectivity index (χ0n) is 18.9. The van der Waals surface area contributed by atoms with Gasteiger partial charge < -0.3 is 19.5 Å². The van der Waals surface area contributed by atoms with E-state index in [9.17, 15) is 14.7 Å². The number of carbonyl (C=O) groups excluding carboxylic acids is 1. The third-order valence-electron chi connectivity index (χ3n) is 4.26. The van der Waals surface area contributed by atoms with Crippen LogP contribution < -0.4 is 5.11 Å². The molecule has 1 N–H and O–H groups in total. The lowest BCUT2D eigenvalue weighted by Crippen LogP contribution is -2.45. The summed E-state index contributed by atoms with van der Waals surface area (Å²) in [6.45, 7) is 2.33. The van der Waals surface area contributed by atoms with Gasteiger partial charge in [0.05, 0.1) is 27.1 Å². The lowest BCUT2D eigenvalue weighted by molar-refractivity contribution is -0.864. The number of carboxylic acids is 2. The van der Waals surface area contributed by atoms with E-state index in [0.717, 1.165) is 12.8 Å². The first-order valence-corrected chi connectivity index (χ1v) is 11.1. The molecule has 0 aliphatic heterocycles. The Labute approximate surface area is 173 Å². The van der Waals surface area contributed by atoms with E-state index in [1.165, 1.54) is 70.6 Å². The largest absolute Gasteiger partial charge is 0.544 e. The van der Waals surface area contributed by atoms with Gasteiger partial charge in [0, 0.05) is 6.42 Å². The normalized spacial score (nSPS) is 11.3. The van der Waals surface area contributed by atoms with Gasteiger partial charge in [0.1, 0.15) is 6.54 Å². The molecule has 0 aromatic rings. The molecule has 0 saturated carbocycles. The van der Waals surface area contributed by atoms with Crippen LogP contribution >= 0.6 is 0 Å². The minimum atomic E-state index is -1.00. The highest BCUT2D eigenvalue weighted by molar-refractivity contribution is 5.66. The van der Waals surface area contributed by atoms with Gasteiger partial charge in [0.15, 0.2) is 0 Å². The van der Waals surface area contributed by atoms with Crippen molar-refractivity contribution in [3.8, 4) is 0 Å². The molecule has 0 fully saturated rings. The molecule has 0 heterocycles. The summed E-state index contributed by atoms with van der Waals surface area (Å²) in [5.74, 6) is -1.67. The number of quaternary nitrogens is 1. The van der Waals surface area contributed by atoms with E-state index in [1.807, 2.05) is 0 Å². The standard InChI is InChI=1S/C18H34O2.C5H11NO2/c1-2-3-4-5-6-7-8-9-10-11-12-13-14-15-16-17-18(19)20;1-6(2,3)4-5(7)8/h9-10H,2-8,11-17H2,1H3,(H,19,20);4H2,1-3H3/b10-9-;.